The first-order valence-electron chi connectivity index (χ1n) is 7.45. The minimum atomic E-state index is -0.507. The summed E-state index contributed by atoms with van der Waals surface area (Å²) in [6, 6.07) is 5.20. The van der Waals surface area contributed by atoms with Gasteiger partial charge in [0.15, 0.2) is 0 Å². The second-order valence-corrected chi connectivity index (χ2v) is 5.28. The predicted octanol–water partition coefficient (Wildman–Crippen LogP) is 2.58. The summed E-state index contributed by atoms with van der Waals surface area (Å²) in [4.78, 5) is 21.8. The van der Waals surface area contributed by atoms with E-state index in [1.807, 2.05) is 0 Å². The molecule has 126 valence electrons. The Hall–Kier alpha value is -2.41. The van der Waals surface area contributed by atoms with Gasteiger partial charge in [0.25, 0.3) is 5.69 Å². The molecule has 0 aliphatic rings. The molecule has 23 heavy (non-hydrogen) atoms. The molecule has 0 saturated carbocycles. The first-order chi connectivity index (χ1) is 10.9. The van der Waals surface area contributed by atoms with Crippen molar-refractivity contribution in [1.29, 1.82) is 0 Å². The number of carbonyl (C=O) groups excluding carboxylic acids is 1. The van der Waals surface area contributed by atoms with E-state index in [2.05, 4.69) is 29.2 Å². The van der Waals surface area contributed by atoms with Crippen LogP contribution < -0.4 is 10.6 Å². The normalized spacial score (nSPS) is 11.0. The Bertz CT molecular complexity index is 570. The number of benzene rings is 1. The summed E-state index contributed by atoms with van der Waals surface area (Å²) in [5.74, 6) is -0.507. The number of nitro benzene ring substituents is 1. The lowest BCUT2D eigenvalue weighted by molar-refractivity contribution is -0.384. The fourth-order valence-electron chi connectivity index (χ4n) is 1.89. The van der Waals surface area contributed by atoms with Crippen LogP contribution in [0.3, 0.4) is 0 Å². The van der Waals surface area contributed by atoms with Crippen molar-refractivity contribution in [2.75, 3.05) is 25.5 Å². The Morgan fingerprint density at radius 3 is 2.74 bits per heavy atom. The molecule has 0 saturated heterocycles. The molecule has 0 aliphatic heterocycles. The standard InChI is InChI=1S/C16H23N3O4/c1-12(2)17-9-4-10-18-14-7-5-13(6-8-16(20)23-3)11-15(14)19(21)22/h5-8,11-12,17-18H,4,9-10H2,1-3H3/b8-6+. The van der Waals surface area contributed by atoms with E-state index in [0.29, 0.717) is 23.8 Å². The van der Waals surface area contributed by atoms with Gasteiger partial charge in [-0.15, -0.1) is 0 Å². The van der Waals surface area contributed by atoms with E-state index in [1.165, 1.54) is 25.3 Å². The lowest BCUT2D eigenvalue weighted by atomic mass is 10.1. The van der Waals surface area contributed by atoms with Crippen molar-refractivity contribution in [2.45, 2.75) is 26.3 Å². The van der Waals surface area contributed by atoms with Crippen LogP contribution in [0.4, 0.5) is 11.4 Å². The zero-order chi connectivity index (χ0) is 17.2. The molecule has 1 rings (SSSR count). The van der Waals surface area contributed by atoms with E-state index in [-0.39, 0.29) is 5.69 Å². The second kappa shape index (κ2) is 9.58. The van der Waals surface area contributed by atoms with Crippen molar-refractivity contribution >= 4 is 23.4 Å². The zero-order valence-electron chi connectivity index (χ0n) is 13.7. The number of nitro groups is 1. The quantitative estimate of drug-likeness (QED) is 0.239. The number of hydrogen-bond donors (Lipinski definition) is 2. The Labute approximate surface area is 135 Å². The van der Waals surface area contributed by atoms with Gasteiger partial charge in [-0.05, 0) is 30.7 Å². The van der Waals surface area contributed by atoms with Crippen LogP contribution in [-0.2, 0) is 9.53 Å². The first-order valence-corrected chi connectivity index (χ1v) is 7.45. The lowest BCUT2D eigenvalue weighted by Crippen LogP contribution is -2.25. The number of ether oxygens (including phenoxy) is 1. The van der Waals surface area contributed by atoms with Gasteiger partial charge < -0.3 is 15.4 Å². The number of anilines is 1. The van der Waals surface area contributed by atoms with Crippen LogP contribution in [0.5, 0.6) is 0 Å². The molecule has 0 heterocycles. The lowest BCUT2D eigenvalue weighted by Gasteiger charge is -2.10. The van der Waals surface area contributed by atoms with Crippen molar-refractivity contribution in [3.63, 3.8) is 0 Å². The molecule has 0 aliphatic carbocycles. The van der Waals surface area contributed by atoms with Crippen molar-refractivity contribution < 1.29 is 14.5 Å². The third kappa shape index (κ3) is 6.92. The maximum absolute atomic E-state index is 11.2. The molecule has 0 fully saturated rings. The highest BCUT2D eigenvalue weighted by Gasteiger charge is 2.13. The molecule has 0 amide bonds. The molecule has 0 unspecified atom stereocenters. The van der Waals surface area contributed by atoms with Crippen molar-refractivity contribution in [1.82, 2.24) is 5.32 Å². The second-order valence-electron chi connectivity index (χ2n) is 5.28. The number of nitrogens with one attached hydrogen (secondary N) is 2. The van der Waals surface area contributed by atoms with Crippen LogP contribution >= 0.6 is 0 Å². The molecule has 1 aromatic carbocycles. The Kier molecular flexibility index (Phi) is 7.76. The molecule has 1 aromatic rings. The number of rotatable bonds is 9. The van der Waals surface area contributed by atoms with Gasteiger partial charge in [0.2, 0.25) is 0 Å². The van der Waals surface area contributed by atoms with E-state index in [1.54, 1.807) is 12.1 Å². The SMILES string of the molecule is COC(=O)/C=C/c1ccc(NCCCNC(C)C)c([N+](=O)[O-])c1. The highest BCUT2D eigenvalue weighted by atomic mass is 16.6. The van der Waals surface area contributed by atoms with Gasteiger partial charge in [-0.25, -0.2) is 4.79 Å². The summed E-state index contributed by atoms with van der Waals surface area (Å²) < 4.78 is 4.49. The van der Waals surface area contributed by atoms with E-state index in [0.717, 1.165) is 13.0 Å². The van der Waals surface area contributed by atoms with Gasteiger partial charge >= 0.3 is 5.97 Å². The van der Waals surface area contributed by atoms with Crippen LogP contribution in [0.25, 0.3) is 6.08 Å². The molecule has 7 heteroatoms. The number of esters is 1. The molecule has 0 spiro atoms. The zero-order valence-corrected chi connectivity index (χ0v) is 13.7. The summed E-state index contributed by atoms with van der Waals surface area (Å²) >= 11 is 0. The average Bonchev–Trinajstić information content (AvgIpc) is 2.52. The Morgan fingerprint density at radius 2 is 2.13 bits per heavy atom. The summed E-state index contributed by atoms with van der Waals surface area (Å²) in [7, 11) is 1.27. The fourth-order valence-corrected chi connectivity index (χ4v) is 1.89. The topological polar surface area (TPSA) is 93.5 Å². The summed E-state index contributed by atoms with van der Waals surface area (Å²) in [5.41, 5.74) is 1.01. The minimum absolute atomic E-state index is 0.0196. The Balaban J connectivity index is 2.71. The van der Waals surface area contributed by atoms with Gasteiger partial charge in [0.05, 0.1) is 12.0 Å². The third-order valence-corrected chi connectivity index (χ3v) is 3.05. The Morgan fingerprint density at radius 1 is 1.39 bits per heavy atom. The van der Waals surface area contributed by atoms with E-state index < -0.39 is 10.9 Å². The summed E-state index contributed by atoms with van der Waals surface area (Å²) in [6.45, 7) is 5.62. The van der Waals surface area contributed by atoms with E-state index in [9.17, 15) is 14.9 Å². The molecule has 0 atom stereocenters. The van der Waals surface area contributed by atoms with Crippen LogP contribution in [0.2, 0.25) is 0 Å². The molecule has 7 nitrogen and oxygen atoms in total. The average molecular weight is 321 g/mol. The first kappa shape index (κ1) is 18.6. The van der Waals surface area contributed by atoms with E-state index >= 15 is 0 Å². The number of carbonyl (C=O) groups is 1. The monoisotopic (exact) mass is 321 g/mol. The largest absolute Gasteiger partial charge is 0.466 e. The van der Waals surface area contributed by atoms with Gasteiger partial charge in [-0.3, -0.25) is 10.1 Å². The van der Waals surface area contributed by atoms with Crippen LogP contribution in [0.15, 0.2) is 24.3 Å². The molecule has 0 bridgehead atoms. The highest BCUT2D eigenvalue weighted by Crippen LogP contribution is 2.26. The maximum atomic E-state index is 11.2. The molecule has 0 radical (unpaired) electrons. The van der Waals surface area contributed by atoms with Gasteiger partial charge in [0.1, 0.15) is 5.69 Å². The van der Waals surface area contributed by atoms with Crippen molar-refractivity contribution in [3.8, 4) is 0 Å². The summed E-state index contributed by atoms with van der Waals surface area (Å²) in [6.07, 6.45) is 3.57. The van der Waals surface area contributed by atoms with Gasteiger partial charge in [-0.1, -0.05) is 19.9 Å². The third-order valence-electron chi connectivity index (χ3n) is 3.05. The summed E-state index contributed by atoms with van der Waals surface area (Å²) in [5, 5.41) is 17.5. The smallest absolute Gasteiger partial charge is 0.330 e. The van der Waals surface area contributed by atoms with Gasteiger partial charge in [-0.2, -0.15) is 0 Å². The predicted molar refractivity (Wildman–Crippen MR) is 90.4 cm³/mol. The number of hydrogen-bond acceptors (Lipinski definition) is 6. The van der Waals surface area contributed by atoms with E-state index in [4.69, 9.17) is 0 Å². The van der Waals surface area contributed by atoms with Crippen molar-refractivity contribution in [2.24, 2.45) is 0 Å². The minimum Gasteiger partial charge on any atom is -0.466 e. The van der Waals surface area contributed by atoms with Crippen LogP contribution in [0.1, 0.15) is 25.8 Å². The highest BCUT2D eigenvalue weighted by molar-refractivity contribution is 5.87. The molecule has 0 aromatic heterocycles. The molecule has 2 N–H and O–H groups in total. The maximum Gasteiger partial charge on any atom is 0.330 e. The number of methoxy groups -OCH3 is 1. The van der Waals surface area contributed by atoms with Crippen molar-refractivity contribution in [3.05, 3.63) is 40.0 Å². The van der Waals surface area contributed by atoms with Gasteiger partial charge in [0, 0.05) is 24.7 Å². The molecular weight excluding hydrogens is 298 g/mol. The van der Waals surface area contributed by atoms with Crippen LogP contribution in [0, 0.1) is 10.1 Å². The number of nitrogens with zero attached hydrogens (tertiary/aromatic N) is 1. The molecular formula is C16H23N3O4. The fraction of sp³-hybridized carbons (Fsp3) is 0.438. The van der Waals surface area contributed by atoms with Crippen LogP contribution in [-0.4, -0.2) is 37.1 Å².